The highest BCUT2D eigenvalue weighted by Gasteiger charge is 2.43. The summed E-state index contributed by atoms with van der Waals surface area (Å²) in [6.07, 6.45) is 2.34. The molecule has 0 spiro atoms. The first-order valence-corrected chi connectivity index (χ1v) is 10.0. The third-order valence-corrected chi connectivity index (χ3v) is 6.12. The molecule has 2 aliphatic heterocycles. The molecule has 5 nitrogen and oxygen atoms in total. The second-order valence-corrected chi connectivity index (χ2v) is 7.80. The average molecular weight is 401 g/mol. The van der Waals surface area contributed by atoms with Gasteiger partial charge in [-0.3, -0.25) is 4.79 Å². The fourth-order valence-corrected chi connectivity index (χ4v) is 4.76. The Morgan fingerprint density at radius 2 is 1.86 bits per heavy atom. The molecule has 1 atom stereocenters. The lowest BCUT2D eigenvalue weighted by atomic mass is 9.95. The number of halogens is 1. The van der Waals surface area contributed by atoms with E-state index >= 15 is 0 Å². The molecule has 6 heteroatoms. The first kappa shape index (κ1) is 16.6. The number of hydrogen-bond donors (Lipinski definition) is 1. The first-order valence-electron chi connectivity index (χ1n) is 9.62. The van der Waals surface area contributed by atoms with E-state index in [2.05, 4.69) is 33.1 Å². The van der Waals surface area contributed by atoms with Crippen LogP contribution in [0.5, 0.6) is 0 Å². The molecule has 2 aromatic heterocycles. The minimum absolute atomic E-state index is 0.0630. The average Bonchev–Trinajstić information content (AvgIpc) is 3.14. The molecule has 6 rings (SSSR count). The quantitative estimate of drug-likeness (QED) is 0.454. The summed E-state index contributed by atoms with van der Waals surface area (Å²) in [6, 6.07) is 19.8. The van der Waals surface area contributed by atoms with Crippen molar-refractivity contribution in [3.8, 4) is 0 Å². The number of aromatic amines is 1. The maximum atomic E-state index is 13.4. The van der Waals surface area contributed by atoms with Gasteiger partial charge in [0.15, 0.2) is 6.17 Å². The summed E-state index contributed by atoms with van der Waals surface area (Å²) in [5.74, 6) is 0.0630. The molecule has 0 radical (unpaired) electrons. The number of anilines is 2. The third-order valence-electron chi connectivity index (χ3n) is 5.89. The van der Waals surface area contributed by atoms with Gasteiger partial charge < -0.3 is 14.8 Å². The zero-order valence-corrected chi connectivity index (χ0v) is 16.2. The number of aromatic nitrogens is 2. The Bertz CT molecular complexity index is 1260. The second-order valence-electron chi connectivity index (χ2n) is 7.41. The van der Waals surface area contributed by atoms with Gasteiger partial charge in [0.25, 0.3) is 5.91 Å². The van der Waals surface area contributed by atoms with E-state index in [-0.39, 0.29) is 12.1 Å². The lowest BCUT2D eigenvalue weighted by molar-refractivity contribution is 0.0642. The number of para-hydroxylation sites is 2. The number of benzene rings is 2. The van der Waals surface area contributed by atoms with Crippen LogP contribution in [0.25, 0.3) is 10.9 Å². The van der Waals surface area contributed by atoms with Crippen molar-refractivity contribution in [1.29, 1.82) is 0 Å². The third kappa shape index (κ3) is 2.34. The van der Waals surface area contributed by atoms with Crippen LogP contribution < -0.4 is 4.90 Å². The van der Waals surface area contributed by atoms with Gasteiger partial charge in [0.1, 0.15) is 5.15 Å². The summed E-state index contributed by atoms with van der Waals surface area (Å²) in [5.41, 5.74) is 5.93. The summed E-state index contributed by atoms with van der Waals surface area (Å²) in [7, 11) is 0. The molecule has 2 aliphatic rings. The largest absolute Gasteiger partial charge is 0.355 e. The van der Waals surface area contributed by atoms with E-state index in [1.54, 1.807) is 12.3 Å². The van der Waals surface area contributed by atoms with Gasteiger partial charge in [0.2, 0.25) is 0 Å². The van der Waals surface area contributed by atoms with Crippen LogP contribution in [0.4, 0.5) is 11.4 Å². The molecule has 1 N–H and O–H groups in total. The van der Waals surface area contributed by atoms with E-state index < -0.39 is 0 Å². The van der Waals surface area contributed by atoms with Crippen LogP contribution in [-0.2, 0) is 6.42 Å². The molecule has 1 amide bonds. The van der Waals surface area contributed by atoms with E-state index in [4.69, 9.17) is 11.6 Å². The van der Waals surface area contributed by atoms with Crippen molar-refractivity contribution in [3.05, 3.63) is 88.8 Å². The summed E-state index contributed by atoms with van der Waals surface area (Å²) >= 11 is 6.05. The van der Waals surface area contributed by atoms with Gasteiger partial charge in [-0.2, -0.15) is 0 Å². The molecule has 2 aromatic carbocycles. The molecule has 0 aliphatic carbocycles. The molecule has 0 saturated carbocycles. The Balaban J connectivity index is 1.63. The zero-order valence-electron chi connectivity index (χ0n) is 15.5. The van der Waals surface area contributed by atoms with Gasteiger partial charge in [0.05, 0.1) is 28.8 Å². The Hall–Kier alpha value is -3.31. The number of H-pyrrole nitrogens is 1. The van der Waals surface area contributed by atoms with Crippen molar-refractivity contribution in [2.75, 3.05) is 11.4 Å². The molecular formula is C23H17ClN4O. The van der Waals surface area contributed by atoms with Gasteiger partial charge in [-0.05, 0) is 42.3 Å². The van der Waals surface area contributed by atoms with Crippen molar-refractivity contribution in [3.63, 3.8) is 0 Å². The summed E-state index contributed by atoms with van der Waals surface area (Å²) in [4.78, 5) is 25.4. The zero-order chi connectivity index (χ0) is 19.5. The Morgan fingerprint density at radius 3 is 2.72 bits per heavy atom. The molecule has 0 bridgehead atoms. The maximum absolute atomic E-state index is 13.4. The number of nitrogens with one attached hydrogen (secondary N) is 1. The number of rotatable bonds is 1. The van der Waals surface area contributed by atoms with Crippen LogP contribution in [0, 0.1) is 0 Å². The topological polar surface area (TPSA) is 52.2 Å². The van der Waals surface area contributed by atoms with Gasteiger partial charge in [-0.15, -0.1) is 0 Å². The predicted molar refractivity (Wildman–Crippen MR) is 114 cm³/mol. The molecule has 1 unspecified atom stereocenters. The molecule has 0 saturated heterocycles. The van der Waals surface area contributed by atoms with Gasteiger partial charge in [-0.1, -0.05) is 41.9 Å². The molecule has 29 heavy (non-hydrogen) atoms. The number of carbonyl (C=O) groups excluding carboxylic acids is 1. The van der Waals surface area contributed by atoms with Crippen LogP contribution in [0.2, 0.25) is 5.15 Å². The molecule has 4 heterocycles. The molecule has 4 aromatic rings. The fraction of sp³-hybridized carbons (Fsp3) is 0.130. The van der Waals surface area contributed by atoms with Crippen molar-refractivity contribution < 1.29 is 4.79 Å². The Labute approximate surface area is 172 Å². The normalized spacial score (nSPS) is 17.8. The van der Waals surface area contributed by atoms with Gasteiger partial charge >= 0.3 is 0 Å². The maximum Gasteiger partial charge on any atom is 0.257 e. The van der Waals surface area contributed by atoms with E-state index in [0.717, 1.165) is 29.0 Å². The smallest absolute Gasteiger partial charge is 0.257 e. The second kappa shape index (κ2) is 6.09. The number of pyridine rings is 1. The fourth-order valence-electron chi connectivity index (χ4n) is 4.64. The van der Waals surface area contributed by atoms with Gasteiger partial charge in [-0.25, -0.2) is 4.98 Å². The summed E-state index contributed by atoms with van der Waals surface area (Å²) in [5, 5.41) is 1.67. The highest BCUT2D eigenvalue weighted by Crippen LogP contribution is 2.47. The minimum Gasteiger partial charge on any atom is -0.355 e. The SMILES string of the molecule is O=C1c2ccccc2N(c2ccc(Cl)nc2)C2c3[nH]c4ccccc4c3CCN12. The Kier molecular flexibility index (Phi) is 3.49. The monoisotopic (exact) mass is 400 g/mol. The number of nitrogens with zero attached hydrogens (tertiary/aromatic N) is 3. The predicted octanol–water partition coefficient (Wildman–Crippen LogP) is 5.07. The molecular weight excluding hydrogens is 384 g/mol. The van der Waals surface area contributed by atoms with Crippen LogP contribution >= 0.6 is 11.6 Å². The van der Waals surface area contributed by atoms with Crippen molar-refractivity contribution in [1.82, 2.24) is 14.9 Å². The van der Waals surface area contributed by atoms with E-state index in [0.29, 0.717) is 17.3 Å². The van der Waals surface area contributed by atoms with E-state index in [1.165, 1.54) is 10.9 Å². The van der Waals surface area contributed by atoms with Crippen molar-refractivity contribution >= 4 is 39.8 Å². The minimum atomic E-state index is -0.253. The first-order chi connectivity index (χ1) is 14.2. The summed E-state index contributed by atoms with van der Waals surface area (Å²) < 4.78 is 0. The highest BCUT2D eigenvalue weighted by atomic mass is 35.5. The van der Waals surface area contributed by atoms with Gasteiger partial charge in [0, 0.05) is 17.4 Å². The van der Waals surface area contributed by atoms with Crippen molar-refractivity contribution in [2.45, 2.75) is 12.6 Å². The number of fused-ring (bicyclic) bond motifs is 6. The van der Waals surface area contributed by atoms with Crippen LogP contribution in [-0.4, -0.2) is 27.3 Å². The lowest BCUT2D eigenvalue weighted by Gasteiger charge is -2.47. The standard InChI is InChI=1S/C23H17ClN4O/c24-20-10-9-14(13-25-20)28-19-8-4-2-6-17(19)23(29)27-12-11-16-15-5-1-3-7-18(15)26-21(16)22(27)28/h1-10,13,22,26H,11-12H2. The molecule has 142 valence electrons. The molecule has 0 fully saturated rings. The number of amides is 1. The number of carbonyl (C=O) groups is 1. The van der Waals surface area contributed by atoms with Crippen LogP contribution in [0.1, 0.15) is 27.8 Å². The summed E-state index contributed by atoms with van der Waals surface area (Å²) in [6.45, 7) is 0.671. The van der Waals surface area contributed by atoms with E-state index in [1.807, 2.05) is 41.3 Å². The van der Waals surface area contributed by atoms with Crippen molar-refractivity contribution in [2.24, 2.45) is 0 Å². The van der Waals surface area contributed by atoms with Crippen LogP contribution in [0.15, 0.2) is 66.9 Å². The number of hydrogen-bond acceptors (Lipinski definition) is 3. The lowest BCUT2D eigenvalue weighted by Crippen LogP contribution is -2.50. The van der Waals surface area contributed by atoms with E-state index in [9.17, 15) is 4.79 Å². The highest BCUT2D eigenvalue weighted by molar-refractivity contribution is 6.29. The van der Waals surface area contributed by atoms with Crippen LogP contribution in [0.3, 0.4) is 0 Å². The Morgan fingerprint density at radius 1 is 1.03 bits per heavy atom.